The molecule has 2 heteroatoms. The van der Waals surface area contributed by atoms with Crippen LogP contribution in [-0.2, 0) is 4.43 Å². The van der Waals surface area contributed by atoms with E-state index in [1.54, 1.807) is 5.57 Å². The Hall–Kier alpha value is -0.0831. The van der Waals surface area contributed by atoms with Crippen LogP contribution in [0.1, 0.15) is 60.3 Å². The van der Waals surface area contributed by atoms with Crippen LogP contribution in [0.5, 0.6) is 0 Å². The summed E-state index contributed by atoms with van der Waals surface area (Å²) in [4.78, 5) is 0. The van der Waals surface area contributed by atoms with Gasteiger partial charge in [0.05, 0.1) is 6.61 Å². The second-order valence-electron chi connectivity index (χ2n) is 8.13. The quantitative estimate of drug-likeness (QED) is 0.483. The molecular formula is C16H32OSi. The average molecular weight is 269 g/mol. The average Bonchev–Trinajstić information content (AvgIpc) is 2.13. The van der Waals surface area contributed by atoms with Crippen molar-refractivity contribution in [3.05, 3.63) is 11.6 Å². The molecule has 0 heterocycles. The lowest BCUT2D eigenvalue weighted by Crippen LogP contribution is -2.40. The Morgan fingerprint density at radius 2 is 1.89 bits per heavy atom. The highest BCUT2D eigenvalue weighted by Gasteiger charge is 2.36. The zero-order chi connectivity index (χ0) is 14.0. The molecule has 0 radical (unpaired) electrons. The molecule has 0 bridgehead atoms. The minimum Gasteiger partial charge on any atom is -0.413 e. The molecule has 0 N–H and O–H groups in total. The first-order valence-electron chi connectivity index (χ1n) is 7.35. The Labute approximate surface area is 115 Å². The first-order chi connectivity index (χ1) is 8.04. The Morgan fingerprint density at radius 3 is 2.39 bits per heavy atom. The standard InChI is InChI=1S/C16H32OSi/c1-15(2,3)18(6,7)17-12-10-14-9-8-11-16(4,5)13-14/h10H,8-9,11-13H2,1-7H3/b14-10-. The predicted octanol–water partition coefficient (Wildman–Crippen LogP) is 5.53. The fourth-order valence-electron chi connectivity index (χ4n) is 2.34. The van der Waals surface area contributed by atoms with Gasteiger partial charge >= 0.3 is 0 Å². The molecule has 0 spiro atoms. The van der Waals surface area contributed by atoms with E-state index in [1.807, 2.05) is 0 Å². The van der Waals surface area contributed by atoms with Crippen LogP contribution in [0.25, 0.3) is 0 Å². The van der Waals surface area contributed by atoms with Gasteiger partial charge in [-0.25, -0.2) is 0 Å². The molecule has 1 aliphatic rings. The monoisotopic (exact) mass is 268 g/mol. The van der Waals surface area contributed by atoms with Crippen molar-refractivity contribution in [1.29, 1.82) is 0 Å². The van der Waals surface area contributed by atoms with Gasteiger partial charge in [0, 0.05) is 0 Å². The Morgan fingerprint density at radius 1 is 1.28 bits per heavy atom. The van der Waals surface area contributed by atoms with Crippen molar-refractivity contribution in [2.75, 3.05) is 6.61 Å². The smallest absolute Gasteiger partial charge is 0.192 e. The fraction of sp³-hybridized carbons (Fsp3) is 0.875. The summed E-state index contributed by atoms with van der Waals surface area (Å²) in [5.74, 6) is 0. The molecule has 0 aromatic carbocycles. The van der Waals surface area contributed by atoms with E-state index >= 15 is 0 Å². The van der Waals surface area contributed by atoms with E-state index in [2.05, 4.69) is 53.8 Å². The van der Waals surface area contributed by atoms with Gasteiger partial charge in [0.2, 0.25) is 0 Å². The molecule has 1 fully saturated rings. The summed E-state index contributed by atoms with van der Waals surface area (Å²) >= 11 is 0. The zero-order valence-corrected chi connectivity index (χ0v) is 14.5. The number of allylic oxidation sites excluding steroid dienone is 1. The molecule has 0 unspecified atom stereocenters. The number of hydrogen-bond donors (Lipinski definition) is 0. The van der Waals surface area contributed by atoms with Gasteiger partial charge < -0.3 is 4.43 Å². The van der Waals surface area contributed by atoms with Gasteiger partial charge in [-0.05, 0) is 49.2 Å². The van der Waals surface area contributed by atoms with Crippen LogP contribution in [-0.4, -0.2) is 14.9 Å². The van der Waals surface area contributed by atoms with E-state index in [4.69, 9.17) is 4.43 Å². The van der Waals surface area contributed by atoms with Crippen molar-refractivity contribution < 1.29 is 4.43 Å². The third-order valence-electron chi connectivity index (χ3n) is 4.68. The lowest BCUT2D eigenvalue weighted by atomic mass is 9.75. The van der Waals surface area contributed by atoms with Crippen molar-refractivity contribution in [1.82, 2.24) is 0 Å². The molecule has 0 atom stereocenters. The van der Waals surface area contributed by atoms with Crippen LogP contribution >= 0.6 is 0 Å². The molecule has 0 aromatic heterocycles. The molecule has 0 aliphatic heterocycles. The SMILES string of the molecule is CC1(C)CCC/C(=C/CO[Si](C)(C)C(C)(C)C)C1. The summed E-state index contributed by atoms with van der Waals surface area (Å²) in [6.07, 6.45) is 7.62. The molecule has 18 heavy (non-hydrogen) atoms. The van der Waals surface area contributed by atoms with Gasteiger partial charge in [-0.1, -0.05) is 46.3 Å². The normalized spacial score (nSPS) is 23.4. The zero-order valence-electron chi connectivity index (χ0n) is 13.5. The Balaban J connectivity index is 2.50. The summed E-state index contributed by atoms with van der Waals surface area (Å²) in [5.41, 5.74) is 2.12. The van der Waals surface area contributed by atoms with Gasteiger partial charge in [0.15, 0.2) is 8.32 Å². The first-order valence-corrected chi connectivity index (χ1v) is 10.3. The lowest BCUT2D eigenvalue weighted by molar-refractivity contribution is 0.283. The summed E-state index contributed by atoms with van der Waals surface area (Å²) in [6.45, 7) is 17.2. The topological polar surface area (TPSA) is 9.23 Å². The lowest BCUT2D eigenvalue weighted by Gasteiger charge is -2.36. The minimum atomic E-state index is -1.57. The van der Waals surface area contributed by atoms with Crippen LogP contribution < -0.4 is 0 Å². The third kappa shape index (κ3) is 4.54. The van der Waals surface area contributed by atoms with Gasteiger partial charge in [0.25, 0.3) is 0 Å². The molecular weight excluding hydrogens is 236 g/mol. The number of hydrogen-bond acceptors (Lipinski definition) is 1. The molecule has 1 nitrogen and oxygen atoms in total. The molecule has 1 rings (SSSR count). The van der Waals surface area contributed by atoms with Gasteiger partial charge in [-0.15, -0.1) is 0 Å². The van der Waals surface area contributed by atoms with E-state index in [0.29, 0.717) is 10.5 Å². The molecule has 0 saturated heterocycles. The van der Waals surface area contributed by atoms with Gasteiger partial charge in [-0.3, -0.25) is 0 Å². The molecule has 1 aliphatic carbocycles. The van der Waals surface area contributed by atoms with Crippen molar-refractivity contribution >= 4 is 8.32 Å². The van der Waals surface area contributed by atoms with Crippen LogP contribution in [0.3, 0.4) is 0 Å². The second kappa shape index (κ2) is 5.50. The first kappa shape index (κ1) is 16.0. The molecule has 1 saturated carbocycles. The van der Waals surface area contributed by atoms with Crippen LogP contribution in [0, 0.1) is 5.41 Å². The Kier molecular flexibility index (Phi) is 4.88. The van der Waals surface area contributed by atoms with E-state index < -0.39 is 8.32 Å². The van der Waals surface area contributed by atoms with Crippen molar-refractivity contribution in [2.45, 2.75) is 78.4 Å². The Bertz CT molecular complexity index is 308. The fourth-order valence-corrected chi connectivity index (χ4v) is 3.28. The number of rotatable bonds is 3. The highest BCUT2D eigenvalue weighted by atomic mass is 28.4. The minimum absolute atomic E-state index is 0.317. The summed E-state index contributed by atoms with van der Waals surface area (Å²) in [7, 11) is -1.57. The molecule has 0 amide bonds. The van der Waals surface area contributed by atoms with Crippen LogP contribution in [0.4, 0.5) is 0 Å². The largest absolute Gasteiger partial charge is 0.413 e. The van der Waals surface area contributed by atoms with Crippen molar-refractivity contribution in [3.8, 4) is 0 Å². The van der Waals surface area contributed by atoms with Crippen molar-refractivity contribution in [2.24, 2.45) is 5.41 Å². The van der Waals surface area contributed by atoms with Crippen molar-refractivity contribution in [3.63, 3.8) is 0 Å². The molecule has 106 valence electrons. The van der Waals surface area contributed by atoms with Crippen LogP contribution in [0.2, 0.25) is 18.1 Å². The summed E-state index contributed by atoms with van der Waals surface area (Å²) in [5, 5.41) is 0.317. The van der Waals surface area contributed by atoms with Gasteiger partial charge in [-0.2, -0.15) is 0 Å². The third-order valence-corrected chi connectivity index (χ3v) is 9.18. The van der Waals surface area contributed by atoms with Crippen LogP contribution in [0.15, 0.2) is 11.6 Å². The maximum absolute atomic E-state index is 6.23. The maximum atomic E-state index is 6.23. The van der Waals surface area contributed by atoms with E-state index in [0.717, 1.165) is 6.61 Å². The summed E-state index contributed by atoms with van der Waals surface area (Å²) < 4.78 is 6.23. The van der Waals surface area contributed by atoms with E-state index in [9.17, 15) is 0 Å². The van der Waals surface area contributed by atoms with E-state index in [-0.39, 0.29) is 0 Å². The van der Waals surface area contributed by atoms with Gasteiger partial charge in [0.1, 0.15) is 0 Å². The highest BCUT2D eigenvalue weighted by molar-refractivity contribution is 6.74. The highest BCUT2D eigenvalue weighted by Crippen LogP contribution is 2.39. The van der Waals surface area contributed by atoms with E-state index in [1.165, 1.54) is 25.7 Å². The predicted molar refractivity (Wildman–Crippen MR) is 83.5 cm³/mol. The second-order valence-corrected chi connectivity index (χ2v) is 12.9. The maximum Gasteiger partial charge on any atom is 0.192 e. The summed E-state index contributed by atoms with van der Waals surface area (Å²) in [6, 6.07) is 0. The molecule has 0 aromatic rings.